The highest BCUT2D eigenvalue weighted by molar-refractivity contribution is 9.10. The van der Waals surface area contributed by atoms with Crippen molar-refractivity contribution in [3.63, 3.8) is 0 Å². The van der Waals surface area contributed by atoms with Crippen molar-refractivity contribution in [3.05, 3.63) is 40.4 Å². The average Bonchev–Trinajstić information content (AvgIpc) is 3.28. The molecule has 1 saturated heterocycles. The highest BCUT2D eigenvalue weighted by Gasteiger charge is 2.34. The van der Waals surface area contributed by atoms with E-state index in [9.17, 15) is 4.79 Å². The first-order chi connectivity index (χ1) is 12.6. The summed E-state index contributed by atoms with van der Waals surface area (Å²) in [7, 11) is 3.62. The predicted octanol–water partition coefficient (Wildman–Crippen LogP) is 4.18. The van der Waals surface area contributed by atoms with Gasteiger partial charge in [-0.3, -0.25) is 4.79 Å². The van der Waals surface area contributed by atoms with E-state index in [0.29, 0.717) is 0 Å². The maximum Gasteiger partial charge on any atom is 0.244 e. The second-order valence-electron chi connectivity index (χ2n) is 6.62. The van der Waals surface area contributed by atoms with Crippen LogP contribution in [-0.2, 0) is 4.79 Å². The van der Waals surface area contributed by atoms with Crippen LogP contribution in [0, 0.1) is 0 Å². The number of anilines is 1. The lowest BCUT2D eigenvalue weighted by molar-refractivity contribution is -0.129. The number of carbonyl (C=O) groups excluding carboxylic acids is 1. The van der Waals surface area contributed by atoms with E-state index < -0.39 is 0 Å². The van der Waals surface area contributed by atoms with E-state index in [1.165, 1.54) is 0 Å². The molecule has 5 nitrogen and oxygen atoms in total. The zero-order chi connectivity index (χ0) is 18.3. The summed E-state index contributed by atoms with van der Waals surface area (Å²) in [4.78, 5) is 26.5. The van der Waals surface area contributed by atoms with Crippen LogP contribution in [0.1, 0.15) is 12.8 Å². The number of aromatic nitrogens is 2. The Labute approximate surface area is 164 Å². The van der Waals surface area contributed by atoms with Crippen LogP contribution in [0.15, 0.2) is 40.4 Å². The second-order valence-corrected chi connectivity index (χ2v) is 8.39. The Balaban J connectivity index is 1.84. The van der Waals surface area contributed by atoms with Gasteiger partial charge in [-0.05, 0) is 30.5 Å². The Morgan fingerprint density at radius 1 is 1.27 bits per heavy atom. The fraction of sp³-hybridized carbons (Fsp3) is 0.316. The van der Waals surface area contributed by atoms with Gasteiger partial charge in [0.25, 0.3) is 0 Å². The lowest BCUT2D eigenvalue weighted by Crippen LogP contribution is -2.43. The molecule has 0 N–H and O–H groups in total. The number of nitrogens with zero attached hydrogens (tertiary/aromatic N) is 4. The number of fused-ring (bicyclic) bond motifs is 1. The van der Waals surface area contributed by atoms with Crippen molar-refractivity contribution in [3.8, 4) is 11.1 Å². The summed E-state index contributed by atoms with van der Waals surface area (Å²) in [6.07, 6.45) is 3.46. The quantitative estimate of drug-likeness (QED) is 0.625. The Morgan fingerprint density at radius 3 is 2.77 bits per heavy atom. The van der Waals surface area contributed by atoms with Crippen molar-refractivity contribution in [1.29, 1.82) is 0 Å². The molecule has 2 aromatic heterocycles. The molecule has 26 heavy (non-hydrogen) atoms. The van der Waals surface area contributed by atoms with Crippen molar-refractivity contribution in [1.82, 2.24) is 14.9 Å². The van der Waals surface area contributed by atoms with Gasteiger partial charge in [-0.1, -0.05) is 28.1 Å². The van der Waals surface area contributed by atoms with Crippen LogP contribution in [0.2, 0.25) is 0 Å². The SMILES string of the molecule is CN(C)C(=O)[C@@H]1CCCN1c1ncnc2scc(-c3ccc(Br)cc3)c12. The molecule has 0 spiro atoms. The molecule has 1 aliphatic heterocycles. The van der Waals surface area contributed by atoms with Crippen molar-refractivity contribution in [2.75, 3.05) is 25.5 Å². The number of carbonyl (C=O) groups is 1. The molecule has 1 amide bonds. The number of halogens is 1. The van der Waals surface area contributed by atoms with E-state index in [4.69, 9.17) is 0 Å². The molecule has 7 heteroatoms. The minimum Gasteiger partial charge on any atom is -0.347 e. The van der Waals surface area contributed by atoms with E-state index in [2.05, 4.69) is 48.3 Å². The second kappa shape index (κ2) is 6.96. The summed E-state index contributed by atoms with van der Waals surface area (Å²) in [5.41, 5.74) is 2.25. The lowest BCUT2D eigenvalue weighted by Gasteiger charge is -2.27. The summed E-state index contributed by atoms with van der Waals surface area (Å²) in [6.45, 7) is 0.839. The normalized spacial score (nSPS) is 17.0. The maximum absolute atomic E-state index is 12.6. The minimum absolute atomic E-state index is 0.134. The van der Waals surface area contributed by atoms with Gasteiger partial charge in [-0.25, -0.2) is 9.97 Å². The highest BCUT2D eigenvalue weighted by atomic mass is 79.9. The molecule has 0 aliphatic carbocycles. The fourth-order valence-electron chi connectivity index (χ4n) is 3.49. The van der Waals surface area contributed by atoms with Gasteiger partial charge in [-0.2, -0.15) is 0 Å². The molecular weight excluding hydrogens is 412 g/mol. The molecule has 134 valence electrons. The van der Waals surface area contributed by atoms with E-state index >= 15 is 0 Å². The van der Waals surface area contributed by atoms with Gasteiger partial charge in [-0.15, -0.1) is 11.3 Å². The van der Waals surface area contributed by atoms with E-state index in [-0.39, 0.29) is 11.9 Å². The van der Waals surface area contributed by atoms with Crippen molar-refractivity contribution in [2.45, 2.75) is 18.9 Å². The molecule has 3 aromatic rings. The Bertz CT molecular complexity index is 954. The smallest absolute Gasteiger partial charge is 0.244 e. The molecule has 3 heterocycles. The van der Waals surface area contributed by atoms with Crippen molar-refractivity contribution >= 4 is 49.2 Å². The molecule has 1 fully saturated rings. The maximum atomic E-state index is 12.6. The largest absolute Gasteiger partial charge is 0.347 e. The third-order valence-corrected chi connectivity index (χ3v) is 6.17. The van der Waals surface area contributed by atoms with Crippen molar-refractivity contribution < 1.29 is 4.79 Å². The van der Waals surface area contributed by atoms with Crippen molar-refractivity contribution in [2.24, 2.45) is 0 Å². The van der Waals surface area contributed by atoms with Crippen LogP contribution >= 0.6 is 27.3 Å². The van der Waals surface area contributed by atoms with Crippen LogP contribution in [-0.4, -0.2) is 47.5 Å². The van der Waals surface area contributed by atoms with E-state index in [0.717, 1.165) is 51.0 Å². The average molecular weight is 431 g/mol. The number of hydrogen-bond acceptors (Lipinski definition) is 5. The number of amides is 1. The number of hydrogen-bond donors (Lipinski definition) is 0. The zero-order valence-electron chi connectivity index (χ0n) is 14.6. The first-order valence-corrected chi connectivity index (χ1v) is 10.2. The van der Waals surface area contributed by atoms with Gasteiger partial charge in [0.05, 0.1) is 5.39 Å². The molecule has 4 rings (SSSR count). The monoisotopic (exact) mass is 430 g/mol. The van der Waals surface area contributed by atoms with Gasteiger partial charge in [0.1, 0.15) is 23.0 Å². The lowest BCUT2D eigenvalue weighted by atomic mass is 10.1. The third-order valence-electron chi connectivity index (χ3n) is 4.76. The first-order valence-electron chi connectivity index (χ1n) is 8.52. The molecule has 0 radical (unpaired) electrons. The summed E-state index contributed by atoms with van der Waals surface area (Å²) < 4.78 is 1.05. The van der Waals surface area contributed by atoms with Crippen LogP contribution < -0.4 is 4.90 Å². The third kappa shape index (κ3) is 2.99. The number of thiophene rings is 1. The number of rotatable bonds is 3. The highest BCUT2D eigenvalue weighted by Crippen LogP contribution is 2.40. The summed E-state index contributed by atoms with van der Waals surface area (Å²) >= 11 is 5.11. The first kappa shape index (κ1) is 17.4. The van der Waals surface area contributed by atoms with Gasteiger partial charge >= 0.3 is 0 Å². The van der Waals surface area contributed by atoms with Gasteiger partial charge < -0.3 is 9.80 Å². The summed E-state index contributed by atoms with van der Waals surface area (Å²) in [6, 6.07) is 8.11. The predicted molar refractivity (Wildman–Crippen MR) is 110 cm³/mol. The molecule has 0 saturated carbocycles. The Morgan fingerprint density at radius 2 is 2.04 bits per heavy atom. The number of benzene rings is 1. The van der Waals surface area contributed by atoms with Gasteiger partial charge in [0.2, 0.25) is 5.91 Å². The minimum atomic E-state index is -0.152. The topological polar surface area (TPSA) is 49.3 Å². The van der Waals surface area contributed by atoms with E-state index in [1.807, 2.05) is 26.2 Å². The number of likely N-dealkylation sites (N-methyl/N-ethyl adjacent to an activating group) is 1. The van der Waals surface area contributed by atoms with Crippen LogP contribution in [0.3, 0.4) is 0 Å². The van der Waals surface area contributed by atoms with E-state index in [1.54, 1.807) is 22.6 Å². The van der Waals surface area contributed by atoms with Crippen LogP contribution in [0.5, 0.6) is 0 Å². The molecule has 0 bridgehead atoms. The molecule has 1 aliphatic rings. The summed E-state index contributed by atoms with van der Waals surface area (Å²) in [5, 5.41) is 3.17. The Kier molecular flexibility index (Phi) is 4.67. The molecular formula is C19H19BrN4OS. The van der Waals surface area contributed by atoms with Crippen LogP contribution in [0.25, 0.3) is 21.3 Å². The van der Waals surface area contributed by atoms with Gasteiger partial charge in [0, 0.05) is 36.1 Å². The molecule has 1 atom stereocenters. The standard InChI is InChI=1S/C19H19BrN4OS/c1-23(2)19(25)15-4-3-9-24(15)17-16-14(10-26-18(16)22-11-21-17)12-5-7-13(20)8-6-12/h5-8,10-11,15H,3-4,9H2,1-2H3/t15-/m0/s1. The van der Waals surface area contributed by atoms with Gasteiger partial charge in [0.15, 0.2) is 0 Å². The fourth-order valence-corrected chi connectivity index (χ4v) is 4.67. The molecule has 0 unspecified atom stereocenters. The molecule has 1 aromatic carbocycles. The Hall–Kier alpha value is -1.99. The zero-order valence-corrected chi connectivity index (χ0v) is 17.0. The summed E-state index contributed by atoms with van der Waals surface area (Å²) in [5.74, 6) is 1.00. The van der Waals surface area contributed by atoms with Crippen LogP contribution in [0.4, 0.5) is 5.82 Å².